The molecule has 3 heterocycles. The van der Waals surface area contributed by atoms with Crippen LogP contribution in [0.25, 0.3) is 5.65 Å². The highest BCUT2D eigenvalue weighted by Crippen LogP contribution is 2.30. The van der Waals surface area contributed by atoms with Crippen LogP contribution in [0.3, 0.4) is 0 Å². The molecule has 1 saturated heterocycles. The summed E-state index contributed by atoms with van der Waals surface area (Å²) in [4.78, 5) is 4.68. The van der Waals surface area contributed by atoms with E-state index in [9.17, 15) is 0 Å². The van der Waals surface area contributed by atoms with E-state index in [0.717, 1.165) is 30.4 Å². The fourth-order valence-electron chi connectivity index (χ4n) is 1.89. The zero-order chi connectivity index (χ0) is 11.7. The van der Waals surface area contributed by atoms with Gasteiger partial charge in [-0.15, -0.1) is 0 Å². The van der Waals surface area contributed by atoms with E-state index in [1.54, 1.807) is 0 Å². The number of rotatable bonds is 4. The van der Waals surface area contributed by atoms with Gasteiger partial charge in [-0.1, -0.05) is 17.8 Å². The van der Waals surface area contributed by atoms with Crippen LogP contribution >= 0.6 is 11.8 Å². The first-order chi connectivity index (χ1) is 8.38. The van der Waals surface area contributed by atoms with Crippen molar-refractivity contribution < 1.29 is 4.74 Å². The van der Waals surface area contributed by atoms with Gasteiger partial charge in [0.05, 0.1) is 24.2 Å². The van der Waals surface area contributed by atoms with E-state index in [1.807, 2.05) is 37.0 Å². The minimum absolute atomic E-state index is 0.565. The molecule has 5 heteroatoms. The molecule has 0 bridgehead atoms. The Kier molecular flexibility index (Phi) is 3.05. The number of hydrogen-bond acceptors (Lipinski definition) is 4. The summed E-state index contributed by atoms with van der Waals surface area (Å²) in [6.07, 6.45) is 2.07. The van der Waals surface area contributed by atoms with Gasteiger partial charge < -0.3 is 14.5 Å². The second-order valence-electron chi connectivity index (χ2n) is 4.10. The first-order valence-corrected chi connectivity index (χ1v) is 6.61. The molecule has 0 atom stereocenters. The van der Waals surface area contributed by atoms with Crippen molar-refractivity contribution in [1.82, 2.24) is 14.7 Å². The molecule has 1 fully saturated rings. The molecule has 0 aromatic carbocycles. The number of aromatic nitrogens is 2. The average Bonchev–Trinajstić information content (AvgIpc) is 2.63. The van der Waals surface area contributed by atoms with Crippen molar-refractivity contribution in [2.75, 3.05) is 20.3 Å². The van der Waals surface area contributed by atoms with Crippen molar-refractivity contribution in [3.8, 4) is 0 Å². The molecule has 0 unspecified atom stereocenters. The quantitative estimate of drug-likeness (QED) is 0.892. The van der Waals surface area contributed by atoms with Crippen molar-refractivity contribution >= 4 is 17.4 Å². The Morgan fingerprint density at radius 3 is 3.12 bits per heavy atom. The standard InChI is InChI=1S/C12H15N3OS/c1-13-6-10-12(17-9-7-16-8-9)14-11-4-2-3-5-15(10)11/h2-5,9,13H,6-8H2,1H3. The van der Waals surface area contributed by atoms with E-state index < -0.39 is 0 Å². The molecule has 2 aromatic rings. The number of pyridine rings is 1. The molecule has 0 spiro atoms. The molecule has 1 N–H and O–H groups in total. The maximum absolute atomic E-state index is 5.21. The molecule has 4 nitrogen and oxygen atoms in total. The number of ether oxygens (including phenoxy) is 1. The van der Waals surface area contributed by atoms with Crippen LogP contribution in [-0.2, 0) is 11.3 Å². The second kappa shape index (κ2) is 4.68. The lowest BCUT2D eigenvalue weighted by Gasteiger charge is -2.24. The summed E-state index contributed by atoms with van der Waals surface area (Å²) in [7, 11) is 1.96. The third kappa shape index (κ3) is 2.06. The van der Waals surface area contributed by atoms with Gasteiger partial charge in [0, 0.05) is 12.7 Å². The first kappa shape index (κ1) is 11.1. The van der Waals surface area contributed by atoms with E-state index >= 15 is 0 Å². The van der Waals surface area contributed by atoms with Crippen LogP contribution in [0, 0.1) is 0 Å². The molecule has 0 aliphatic carbocycles. The summed E-state index contributed by atoms with van der Waals surface area (Å²) in [6.45, 7) is 2.52. The lowest BCUT2D eigenvalue weighted by molar-refractivity contribution is 0.0454. The van der Waals surface area contributed by atoms with Crippen molar-refractivity contribution in [3.63, 3.8) is 0 Å². The van der Waals surface area contributed by atoms with Gasteiger partial charge in [0.1, 0.15) is 10.7 Å². The summed E-state index contributed by atoms with van der Waals surface area (Å²) in [6, 6.07) is 6.10. The highest BCUT2D eigenvalue weighted by Gasteiger charge is 2.23. The number of nitrogens with one attached hydrogen (secondary N) is 1. The average molecular weight is 249 g/mol. The normalized spacial score (nSPS) is 16.3. The predicted octanol–water partition coefficient (Wildman–Crippen LogP) is 1.54. The lowest BCUT2D eigenvalue weighted by Crippen LogP contribution is -2.30. The number of imidazole rings is 1. The third-order valence-electron chi connectivity index (χ3n) is 2.82. The van der Waals surface area contributed by atoms with Crippen molar-refractivity contribution in [2.45, 2.75) is 16.8 Å². The zero-order valence-electron chi connectivity index (χ0n) is 9.72. The molecular weight excluding hydrogens is 234 g/mol. The van der Waals surface area contributed by atoms with Gasteiger partial charge in [0.15, 0.2) is 0 Å². The summed E-state index contributed by atoms with van der Waals surface area (Å²) in [5, 5.41) is 4.90. The van der Waals surface area contributed by atoms with E-state index in [-0.39, 0.29) is 0 Å². The Morgan fingerprint density at radius 2 is 2.41 bits per heavy atom. The van der Waals surface area contributed by atoms with Gasteiger partial charge in [-0.25, -0.2) is 4.98 Å². The number of hydrogen-bond donors (Lipinski definition) is 1. The Morgan fingerprint density at radius 1 is 1.53 bits per heavy atom. The maximum Gasteiger partial charge on any atom is 0.138 e. The fraction of sp³-hybridized carbons (Fsp3) is 0.417. The fourth-order valence-corrected chi connectivity index (χ4v) is 2.98. The van der Waals surface area contributed by atoms with Crippen LogP contribution in [0.15, 0.2) is 29.4 Å². The number of thioether (sulfide) groups is 1. The van der Waals surface area contributed by atoms with Gasteiger partial charge >= 0.3 is 0 Å². The Bertz CT molecular complexity index is 521. The Balaban J connectivity index is 1.98. The molecule has 90 valence electrons. The monoisotopic (exact) mass is 249 g/mol. The minimum atomic E-state index is 0.565. The predicted molar refractivity (Wildman–Crippen MR) is 68.4 cm³/mol. The van der Waals surface area contributed by atoms with Gasteiger partial charge in [-0.3, -0.25) is 0 Å². The topological polar surface area (TPSA) is 38.6 Å². The molecular formula is C12H15N3OS. The highest BCUT2D eigenvalue weighted by atomic mass is 32.2. The van der Waals surface area contributed by atoms with E-state index in [2.05, 4.69) is 20.9 Å². The summed E-state index contributed by atoms with van der Waals surface area (Å²) in [5.74, 6) is 0. The van der Waals surface area contributed by atoms with Gasteiger partial charge in [0.25, 0.3) is 0 Å². The van der Waals surface area contributed by atoms with Crippen LogP contribution in [0.4, 0.5) is 0 Å². The largest absolute Gasteiger partial charge is 0.379 e. The molecule has 1 aliphatic heterocycles. The molecule has 0 radical (unpaired) electrons. The van der Waals surface area contributed by atoms with Gasteiger partial charge in [0.2, 0.25) is 0 Å². The van der Waals surface area contributed by atoms with Crippen LogP contribution in [-0.4, -0.2) is 34.9 Å². The van der Waals surface area contributed by atoms with Crippen molar-refractivity contribution in [3.05, 3.63) is 30.1 Å². The van der Waals surface area contributed by atoms with Crippen molar-refractivity contribution in [1.29, 1.82) is 0 Å². The number of fused-ring (bicyclic) bond motifs is 1. The SMILES string of the molecule is CNCc1c(SC2COC2)nc2ccccn12. The van der Waals surface area contributed by atoms with Gasteiger partial charge in [-0.2, -0.15) is 0 Å². The number of nitrogens with zero attached hydrogens (tertiary/aromatic N) is 2. The Labute approximate surface area is 104 Å². The van der Waals surface area contributed by atoms with Crippen LogP contribution < -0.4 is 5.32 Å². The summed E-state index contributed by atoms with van der Waals surface area (Å²) >= 11 is 1.83. The first-order valence-electron chi connectivity index (χ1n) is 5.73. The van der Waals surface area contributed by atoms with Crippen LogP contribution in [0.2, 0.25) is 0 Å². The second-order valence-corrected chi connectivity index (χ2v) is 5.39. The Hall–Kier alpha value is -1.04. The van der Waals surface area contributed by atoms with Crippen LogP contribution in [0.1, 0.15) is 5.69 Å². The zero-order valence-corrected chi connectivity index (χ0v) is 10.5. The lowest BCUT2D eigenvalue weighted by atomic mass is 10.4. The highest BCUT2D eigenvalue weighted by molar-refractivity contribution is 8.00. The smallest absolute Gasteiger partial charge is 0.138 e. The van der Waals surface area contributed by atoms with Gasteiger partial charge in [-0.05, 0) is 19.2 Å². The van der Waals surface area contributed by atoms with Crippen LogP contribution in [0.5, 0.6) is 0 Å². The molecule has 0 saturated carbocycles. The molecule has 0 amide bonds. The summed E-state index contributed by atoms with van der Waals surface area (Å²) in [5.41, 5.74) is 2.25. The molecule has 17 heavy (non-hydrogen) atoms. The maximum atomic E-state index is 5.21. The molecule has 1 aliphatic rings. The third-order valence-corrected chi connectivity index (χ3v) is 3.98. The van der Waals surface area contributed by atoms with E-state index in [4.69, 9.17) is 4.74 Å². The minimum Gasteiger partial charge on any atom is -0.379 e. The van der Waals surface area contributed by atoms with Crippen molar-refractivity contribution in [2.24, 2.45) is 0 Å². The molecule has 2 aromatic heterocycles. The molecule has 3 rings (SSSR count). The summed E-state index contributed by atoms with van der Waals surface area (Å²) < 4.78 is 7.36. The van der Waals surface area contributed by atoms with E-state index in [0.29, 0.717) is 5.25 Å². The van der Waals surface area contributed by atoms with E-state index in [1.165, 1.54) is 5.69 Å².